The quantitative estimate of drug-likeness (QED) is 0.465. The zero-order valence-electron chi connectivity index (χ0n) is 15.7. The van der Waals surface area contributed by atoms with Gasteiger partial charge in [-0.25, -0.2) is 32.2 Å². The maximum absolute atomic E-state index is 14.8. The fraction of sp³-hybridized carbons (Fsp3) is 0.0526. The van der Waals surface area contributed by atoms with Crippen molar-refractivity contribution >= 4 is 26.9 Å². The molecule has 0 saturated heterocycles. The van der Waals surface area contributed by atoms with Crippen LogP contribution >= 0.6 is 0 Å². The maximum Gasteiger partial charge on any atom is 0.268 e. The summed E-state index contributed by atoms with van der Waals surface area (Å²) in [5, 5.41) is 6.65. The third-order valence-corrected chi connectivity index (χ3v) is 5.34. The van der Waals surface area contributed by atoms with Crippen molar-refractivity contribution in [3.05, 3.63) is 65.7 Å². The molecular formula is C19H12F2N6O3S. The first-order valence-corrected chi connectivity index (χ1v) is 10.0. The van der Waals surface area contributed by atoms with Gasteiger partial charge in [0.15, 0.2) is 16.5 Å². The molecule has 4 rings (SSSR count). The fourth-order valence-electron chi connectivity index (χ4n) is 2.58. The number of aromatic nitrogens is 5. The molecule has 0 aliphatic carbocycles. The summed E-state index contributed by atoms with van der Waals surface area (Å²) in [6.45, 7) is 0. The molecule has 0 aromatic carbocycles. The van der Waals surface area contributed by atoms with E-state index in [2.05, 4.69) is 37.0 Å². The monoisotopic (exact) mass is 442 g/mol. The third kappa shape index (κ3) is 4.12. The number of pyridine rings is 3. The van der Waals surface area contributed by atoms with Gasteiger partial charge >= 0.3 is 0 Å². The molecule has 4 heterocycles. The highest BCUT2D eigenvalue weighted by molar-refractivity contribution is 7.92. The first-order valence-electron chi connectivity index (χ1n) is 8.57. The third-order valence-electron chi connectivity index (χ3n) is 4.00. The normalized spacial score (nSPS) is 11.1. The molecule has 156 valence electrons. The predicted molar refractivity (Wildman–Crippen MR) is 106 cm³/mol. The SMILES string of the molecule is COc1ncc(F)cc1S(=O)(=O)Nc1nccc(C#Cc2ccc3n[nH]cc3n2)c1F. The molecule has 0 amide bonds. The van der Waals surface area contributed by atoms with E-state index in [4.69, 9.17) is 4.74 Å². The van der Waals surface area contributed by atoms with E-state index < -0.39 is 32.4 Å². The highest BCUT2D eigenvalue weighted by Gasteiger charge is 2.24. The van der Waals surface area contributed by atoms with Crippen molar-refractivity contribution in [1.29, 1.82) is 0 Å². The lowest BCUT2D eigenvalue weighted by Crippen LogP contribution is -2.17. The van der Waals surface area contributed by atoms with Crippen LogP contribution in [0.2, 0.25) is 0 Å². The van der Waals surface area contributed by atoms with Gasteiger partial charge in [0, 0.05) is 18.5 Å². The number of rotatable bonds is 4. The smallest absolute Gasteiger partial charge is 0.268 e. The lowest BCUT2D eigenvalue weighted by molar-refractivity contribution is 0.382. The second-order valence-corrected chi connectivity index (χ2v) is 7.67. The Hall–Kier alpha value is -4.11. The largest absolute Gasteiger partial charge is 0.480 e. The molecule has 4 aromatic rings. The Morgan fingerprint density at radius 3 is 2.77 bits per heavy atom. The molecule has 0 unspecified atom stereocenters. The number of nitrogens with zero attached hydrogens (tertiary/aromatic N) is 4. The van der Waals surface area contributed by atoms with Gasteiger partial charge in [-0.1, -0.05) is 5.92 Å². The van der Waals surface area contributed by atoms with Crippen LogP contribution in [0.3, 0.4) is 0 Å². The molecule has 0 saturated carbocycles. The summed E-state index contributed by atoms with van der Waals surface area (Å²) < 4.78 is 60.4. The topological polar surface area (TPSA) is 123 Å². The summed E-state index contributed by atoms with van der Waals surface area (Å²) in [5.74, 6) is 2.41. The number of H-pyrrole nitrogens is 1. The lowest BCUT2D eigenvalue weighted by Gasteiger charge is -2.11. The van der Waals surface area contributed by atoms with E-state index in [-0.39, 0.29) is 11.4 Å². The van der Waals surface area contributed by atoms with E-state index in [1.807, 2.05) is 4.72 Å². The number of aromatic amines is 1. The van der Waals surface area contributed by atoms with E-state index in [0.29, 0.717) is 22.8 Å². The van der Waals surface area contributed by atoms with Crippen molar-refractivity contribution in [3.63, 3.8) is 0 Å². The summed E-state index contributed by atoms with van der Waals surface area (Å²) in [4.78, 5) is 10.9. The molecule has 0 bridgehead atoms. The summed E-state index contributed by atoms with van der Waals surface area (Å²) in [6.07, 6.45) is 3.57. The molecule has 0 radical (unpaired) electrons. The number of hydrogen-bond donors (Lipinski definition) is 2. The first-order chi connectivity index (χ1) is 14.9. The molecule has 31 heavy (non-hydrogen) atoms. The van der Waals surface area contributed by atoms with E-state index >= 15 is 0 Å². The maximum atomic E-state index is 14.8. The molecule has 9 nitrogen and oxygen atoms in total. The van der Waals surface area contributed by atoms with Crippen molar-refractivity contribution < 1.29 is 21.9 Å². The van der Waals surface area contributed by atoms with Crippen LogP contribution in [-0.4, -0.2) is 40.7 Å². The van der Waals surface area contributed by atoms with Gasteiger partial charge in [0.1, 0.15) is 22.5 Å². The van der Waals surface area contributed by atoms with Crippen molar-refractivity contribution in [3.8, 4) is 17.7 Å². The number of halogens is 2. The highest BCUT2D eigenvalue weighted by Crippen LogP contribution is 2.25. The Kier molecular flexibility index (Phi) is 5.18. The second-order valence-electron chi connectivity index (χ2n) is 6.02. The van der Waals surface area contributed by atoms with Crippen LogP contribution in [0.4, 0.5) is 14.6 Å². The molecule has 4 aromatic heterocycles. The Bertz CT molecular complexity index is 1460. The van der Waals surface area contributed by atoms with E-state index in [1.165, 1.54) is 19.4 Å². The molecule has 12 heteroatoms. The second kappa shape index (κ2) is 7.96. The Balaban J connectivity index is 1.66. The summed E-state index contributed by atoms with van der Waals surface area (Å²) in [5.41, 5.74) is 1.49. The van der Waals surface area contributed by atoms with Crippen LogP contribution in [-0.2, 0) is 10.0 Å². The van der Waals surface area contributed by atoms with Crippen molar-refractivity contribution in [2.24, 2.45) is 0 Å². The Labute approximate surface area is 174 Å². The highest BCUT2D eigenvalue weighted by atomic mass is 32.2. The van der Waals surface area contributed by atoms with Gasteiger partial charge in [-0.15, -0.1) is 0 Å². The zero-order chi connectivity index (χ0) is 22.0. The van der Waals surface area contributed by atoms with Crippen LogP contribution in [0.15, 0.2) is 47.8 Å². The Morgan fingerprint density at radius 2 is 1.97 bits per heavy atom. The minimum absolute atomic E-state index is 0.119. The Morgan fingerprint density at radius 1 is 1.13 bits per heavy atom. The van der Waals surface area contributed by atoms with Gasteiger partial charge in [-0.05, 0) is 24.1 Å². The molecule has 0 spiro atoms. The molecule has 0 fully saturated rings. The average Bonchev–Trinajstić information content (AvgIpc) is 3.22. The number of methoxy groups -OCH3 is 1. The molecule has 0 atom stereocenters. The number of anilines is 1. The molecule has 2 N–H and O–H groups in total. The van der Waals surface area contributed by atoms with Crippen molar-refractivity contribution in [2.45, 2.75) is 4.90 Å². The number of fused-ring (bicyclic) bond motifs is 1. The van der Waals surface area contributed by atoms with Gasteiger partial charge in [0.25, 0.3) is 10.0 Å². The number of ether oxygens (including phenoxy) is 1. The average molecular weight is 442 g/mol. The van der Waals surface area contributed by atoms with Crippen molar-refractivity contribution in [2.75, 3.05) is 11.8 Å². The van der Waals surface area contributed by atoms with E-state index in [0.717, 1.165) is 6.20 Å². The number of nitrogens with one attached hydrogen (secondary N) is 2. The van der Waals surface area contributed by atoms with Crippen LogP contribution in [0.25, 0.3) is 11.0 Å². The number of sulfonamides is 1. The van der Waals surface area contributed by atoms with Crippen LogP contribution in [0.5, 0.6) is 5.88 Å². The fourth-order valence-corrected chi connectivity index (χ4v) is 3.72. The minimum Gasteiger partial charge on any atom is -0.480 e. The van der Waals surface area contributed by atoms with Gasteiger partial charge in [0.2, 0.25) is 5.88 Å². The standard InChI is InChI=1S/C19H12F2N6O3S/c1-30-19-16(8-12(20)9-23-19)31(28,29)27-18-17(21)11(6-7-22-18)2-3-13-4-5-14-15(25-13)10-24-26-14/h4-10H,1H3,(H,22,27)(H,24,26). The summed E-state index contributed by atoms with van der Waals surface area (Å²) in [7, 11) is -3.28. The van der Waals surface area contributed by atoms with E-state index in [9.17, 15) is 17.2 Å². The zero-order valence-corrected chi connectivity index (χ0v) is 16.5. The molecule has 0 aliphatic heterocycles. The van der Waals surface area contributed by atoms with Crippen LogP contribution in [0, 0.1) is 23.5 Å². The minimum atomic E-state index is -4.45. The van der Waals surface area contributed by atoms with Gasteiger partial charge < -0.3 is 4.74 Å². The van der Waals surface area contributed by atoms with Crippen molar-refractivity contribution in [1.82, 2.24) is 25.1 Å². The first kappa shape index (κ1) is 20.2. The van der Waals surface area contributed by atoms with Gasteiger partial charge in [-0.3, -0.25) is 9.82 Å². The number of hydrogen-bond acceptors (Lipinski definition) is 7. The molecular weight excluding hydrogens is 430 g/mol. The lowest BCUT2D eigenvalue weighted by atomic mass is 10.2. The summed E-state index contributed by atoms with van der Waals surface area (Å²) >= 11 is 0. The van der Waals surface area contributed by atoms with E-state index in [1.54, 1.807) is 18.3 Å². The van der Waals surface area contributed by atoms with Crippen LogP contribution in [0.1, 0.15) is 11.3 Å². The van der Waals surface area contributed by atoms with Gasteiger partial charge in [-0.2, -0.15) is 5.10 Å². The van der Waals surface area contributed by atoms with Crippen LogP contribution < -0.4 is 9.46 Å². The predicted octanol–water partition coefficient (Wildman–Crippen LogP) is 2.24. The summed E-state index contributed by atoms with van der Waals surface area (Å²) in [6, 6.07) is 5.29. The van der Waals surface area contributed by atoms with Gasteiger partial charge in [0.05, 0.1) is 18.9 Å². The molecule has 0 aliphatic rings.